The van der Waals surface area contributed by atoms with Crippen molar-refractivity contribution in [3.05, 3.63) is 36.0 Å². The Labute approximate surface area is 158 Å². The molecule has 0 N–H and O–H groups in total. The highest BCUT2D eigenvalue weighted by Crippen LogP contribution is 2.51. The molecule has 1 aliphatic heterocycles. The summed E-state index contributed by atoms with van der Waals surface area (Å²) < 4.78 is 10.4. The third-order valence-electron chi connectivity index (χ3n) is 6.02. The normalized spacial score (nSPS) is 24.1. The van der Waals surface area contributed by atoms with E-state index in [0.717, 1.165) is 42.4 Å². The van der Waals surface area contributed by atoms with Crippen molar-refractivity contribution in [2.75, 3.05) is 31.7 Å². The predicted octanol–water partition coefficient (Wildman–Crippen LogP) is 3.19. The van der Waals surface area contributed by atoms with Crippen LogP contribution in [0.15, 0.2) is 30.5 Å². The Morgan fingerprint density at radius 3 is 2.93 bits per heavy atom. The first-order chi connectivity index (χ1) is 13.1. The van der Waals surface area contributed by atoms with E-state index < -0.39 is 5.41 Å². The molecule has 27 heavy (non-hydrogen) atoms. The van der Waals surface area contributed by atoms with Crippen LogP contribution in [0.2, 0.25) is 0 Å². The first kappa shape index (κ1) is 17.8. The molecule has 2 aliphatic rings. The number of hydrogen-bond donors (Lipinski definition) is 0. The molecule has 6 nitrogen and oxygen atoms in total. The summed E-state index contributed by atoms with van der Waals surface area (Å²) in [4.78, 5) is 31.8. The van der Waals surface area contributed by atoms with Crippen LogP contribution in [0.1, 0.15) is 36.5 Å². The summed E-state index contributed by atoms with van der Waals surface area (Å²) in [6.45, 7) is 3.39. The number of para-hydroxylation sites is 1. The highest BCUT2D eigenvalue weighted by Gasteiger charge is 2.56. The Kier molecular flexibility index (Phi) is 4.50. The number of pyridine rings is 1. The SMILES string of the molecule is CCOC(=O)c1cnc2ccccc2c1N1CC2CCCC2(C(=O)OC)C1. The second kappa shape index (κ2) is 6.83. The van der Waals surface area contributed by atoms with E-state index in [2.05, 4.69) is 9.88 Å². The molecule has 1 aliphatic carbocycles. The molecule has 2 aromatic rings. The van der Waals surface area contributed by atoms with E-state index in [1.54, 1.807) is 13.1 Å². The van der Waals surface area contributed by atoms with E-state index in [9.17, 15) is 9.59 Å². The van der Waals surface area contributed by atoms with Gasteiger partial charge in [0.15, 0.2) is 0 Å². The molecule has 2 fully saturated rings. The molecule has 0 bridgehead atoms. The smallest absolute Gasteiger partial charge is 0.341 e. The molecular formula is C21H24N2O4. The quantitative estimate of drug-likeness (QED) is 0.772. The van der Waals surface area contributed by atoms with Gasteiger partial charge in [0, 0.05) is 24.7 Å². The third kappa shape index (κ3) is 2.74. The summed E-state index contributed by atoms with van der Waals surface area (Å²) in [6.07, 6.45) is 4.46. The second-order valence-electron chi connectivity index (χ2n) is 7.38. The van der Waals surface area contributed by atoms with E-state index in [-0.39, 0.29) is 17.9 Å². The van der Waals surface area contributed by atoms with Gasteiger partial charge in [-0.15, -0.1) is 0 Å². The number of carbonyl (C=O) groups excluding carboxylic acids is 2. The molecule has 2 unspecified atom stereocenters. The molecule has 4 rings (SSSR count). The lowest BCUT2D eigenvalue weighted by Crippen LogP contribution is -2.37. The van der Waals surface area contributed by atoms with E-state index in [0.29, 0.717) is 18.7 Å². The lowest BCUT2D eigenvalue weighted by atomic mass is 9.81. The van der Waals surface area contributed by atoms with Gasteiger partial charge < -0.3 is 14.4 Å². The standard InChI is InChI=1S/C21H24N2O4/c1-3-27-19(24)16-11-22-17-9-5-4-8-15(17)18(16)23-12-14-7-6-10-21(14,13-23)20(25)26-2/h4-5,8-9,11,14H,3,6-7,10,12-13H2,1-2H3. The Balaban J connectivity index is 1.82. The van der Waals surface area contributed by atoms with E-state index in [4.69, 9.17) is 9.47 Å². The number of carbonyl (C=O) groups is 2. The van der Waals surface area contributed by atoms with Crippen LogP contribution in [-0.2, 0) is 14.3 Å². The van der Waals surface area contributed by atoms with Gasteiger partial charge in [-0.3, -0.25) is 9.78 Å². The highest BCUT2D eigenvalue weighted by atomic mass is 16.5. The van der Waals surface area contributed by atoms with Gasteiger partial charge in [0.2, 0.25) is 0 Å². The maximum atomic E-state index is 12.6. The zero-order valence-electron chi connectivity index (χ0n) is 15.7. The summed E-state index contributed by atoms with van der Waals surface area (Å²) >= 11 is 0. The topological polar surface area (TPSA) is 68.7 Å². The molecular weight excluding hydrogens is 344 g/mol. The molecule has 0 radical (unpaired) electrons. The van der Waals surface area contributed by atoms with Crippen molar-refractivity contribution >= 4 is 28.5 Å². The van der Waals surface area contributed by atoms with Crippen molar-refractivity contribution < 1.29 is 19.1 Å². The second-order valence-corrected chi connectivity index (χ2v) is 7.38. The fourth-order valence-electron chi connectivity index (χ4n) is 4.82. The number of benzene rings is 1. The largest absolute Gasteiger partial charge is 0.469 e. The van der Waals surface area contributed by atoms with Gasteiger partial charge in [-0.2, -0.15) is 0 Å². The summed E-state index contributed by atoms with van der Waals surface area (Å²) in [7, 11) is 1.46. The highest BCUT2D eigenvalue weighted by molar-refractivity contribution is 6.05. The van der Waals surface area contributed by atoms with Crippen LogP contribution in [0, 0.1) is 11.3 Å². The van der Waals surface area contributed by atoms with Crippen LogP contribution >= 0.6 is 0 Å². The number of anilines is 1. The number of ether oxygens (including phenoxy) is 2. The third-order valence-corrected chi connectivity index (χ3v) is 6.02. The van der Waals surface area contributed by atoms with Crippen molar-refractivity contribution in [2.24, 2.45) is 11.3 Å². The van der Waals surface area contributed by atoms with Crippen molar-refractivity contribution in [1.29, 1.82) is 0 Å². The first-order valence-electron chi connectivity index (χ1n) is 9.49. The van der Waals surface area contributed by atoms with Crippen LogP contribution < -0.4 is 4.90 Å². The van der Waals surface area contributed by atoms with Gasteiger partial charge in [0.05, 0.1) is 30.3 Å². The molecule has 1 saturated heterocycles. The molecule has 2 atom stereocenters. The van der Waals surface area contributed by atoms with Gasteiger partial charge in [-0.1, -0.05) is 24.6 Å². The number of fused-ring (bicyclic) bond motifs is 2. The average Bonchev–Trinajstić information content (AvgIpc) is 3.24. The monoisotopic (exact) mass is 368 g/mol. The minimum atomic E-state index is -0.481. The van der Waals surface area contributed by atoms with Crippen LogP contribution in [0.4, 0.5) is 5.69 Å². The van der Waals surface area contributed by atoms with Crippen LogP contribution in [0.25, 0.3) is 10.9 Å². The maximum absolute atomic E-state index is 12.6. The summed E-state index contributed by atoms with van der Waals surface area (Å²) in [6, 6.07) is 7.77. The zero-order chi connectivity index (χ0) is 19.0. The van der Waals surface area contributed by atoms with Gasteiger partial charge in [0.1, 0.15) is 5.56 Å². The first-order valence-corrected chi connectivity index (χ1v) is 9.49. The number of rotatable bonds is 4. The molecule has 142 valence electrons. The molecule has 6 heteroatoms. The lowest BCUT2D eigenvalue weighted by Gasteiger charge is -2.27. The van der Waals surface area contributed by atoms with Gasteiger partial charge >= 0.3 is 11.9 Å². The molecule has 0 spiro atoms. The van der Waals surface area contributed by atoms with Crippen molar-refractivity contribution in [2.45, 2.75) is 26.2 Å². The minimum Gasteiger partial charge on any atom is -0.469 e. The molecule has 0 amide bonds. The number of nitrogens with zero attached hydrogens (tertiary/aromatic N) is 2. The van der Waals surface area contributed by atoms with Crippen molar-refractivity contribution in [1.82, 2.24) is 4.98 Å². The van der Waals surface area contributed by atoms with E-state index >= 15 is 0 Å². The summed E-state index contributed by atoms with van der Waals surface area (Å²) in [5.41, 5.74) is 1.61. The Morgan fingerprint density at radius 1 is 1.33 bits per heavy atom. The minimum absolute atomic E-state index is 0.136. The molecule has 1 aromatic carbocycles. The molecule has 1 aromatic heterocycles. The summed E-state index contributed by atoms with van der Waals surface area (Å²) in [5.74, 6) is -0.273. The van der Waals surface area contributed by atoms with Gasteiger partial charge in [0.25, 0.3) is 0 Å². The van der Waals surface area contributed by atoms with Crippen LogP contribution in [-0.4, -0.2) is 43.7 Å². The fraction of sp³-hybridized carbons (Fsp3) is 0.476. The molecule has 2 heterocycles. The van der Waals surface area contributed by atoms with Crippen LogP contribution in [0.5, 0.6) is 0 Å². The zero-order valence-corrected chi connectivity index (χ0v) is 15.7. The summed E-state index contributed by atoms with van der Waals surface area (Å²) in [5, 5.41) is 0.906. The average molecular weight is 368 g/mol. The van der Waals surface area contributed by atoms with Crippen molar-refractivity contribution in [3.8, 4) is 0 Å². The lowest BCUT2D eigenvalue weighted by molar-refractivity contribution is -0.152. The van der Waals surface area contributed by atoms with Crippen LogP contribution in [0.3, 0.4) is 0 Å². The van der Waals surface area contributed by atoms with Crippen molar-refractivity contribution in [3.63, 3.8) is 0 Å². The fourth-order valence-corrected chi connectivity index (χ4v) is 4.82. The Morgan fingerprint density at radius 2 is 2.15 bits per heavy atom. The Bertz CT molecular complexity index is 897. The molecule has 1 saturated carbocycles. The van der Waals surface area contributed by atoms with E-state index in [1.165, 1.54) is 7.11 Å². The number of esters is 2. The maximum Gasteiger partial charge on any atom is 0.341 e. The van der Waals surface area contributed by atoms with Gasteiger partial charge in [-0.05, 0) is 31.7 Å². The number of methoxy groups -OCH3 is 1. The number of hydrogen-bond acceptors (Lipinski definition) is 6. The Hall–Kier alpha value is -2.63. The van der Waals surface area contributed by atoms with E-state index in [1.807, 2.05) is 24.3 Å². The van der Waals surface area contributed by atoms with Gasteiger partial charge in [-0.25, -0.2) is 4.79 Å². The number of aromatic nitrogens is 1. The predicted molar refractivity (Wildman–Crippen MR) is 102 cm³/mol.